The van der Waals surface area contributed by atoms with Crippen molar-refractivity contribution in [3.05, 3.63) is 54.2 Å². The number of hydrogen-bond acceptors (Lipinski definition) is 4. The van der Waals surface area contributed by atoms with Gasteiger partial charge >= 0.3 is 5.97 Å². The van der Waals surface area contributed by atoms with Crippen LogP contribution in [0.5, 0.6) is 5.75 Å². The number of ether oxygens (including phenoxy) is 1. The minimum Gasteiger partial charge on any atom is -0.478 e. The lowest BCUT2D eigenvalue weighted by molar-refractivity contribution is -0.159. The average molecular weight is 333 g/mol. The van der Waals surface area contributed by atoms with Crippen LogP contribution in [0.15, 0.2) is 47.3 Å². The molecule has 0 spiro atoms. The molecular weight excluding hydrogens is 317 g/mol. The molecule has 6 nitrogen and oxygen atoms in total. The Labute approximate surface area is 137 Å². The highest BCUT2D eigenvalue weighted by atomic mass is 19.1. The SMILES string of the molecule is O=C(c1ccoc1)N1CCC(Oc2ccc(F)cc2)(C(=O)O)CC1. The number of benzene rings is 1. The van der Waals surface area contributed by atoms with E-state index in [0.717, 1.165) is 0 Å². The van der Waals surface area contributed by atoms with Gasteiger partial charge in [-0.3, -0.25) is 4.79 Å². The van der Waals surface area contributed by atoms with Crippen LogP contribution in [0.3, 0.4) is 0 Å². The number of piperidine rings is 1. The zero-order valence-corrected chi connectivity index (χ0v) is 12.8. The van der Waals surface area contributed by atoms with Gasteiger partial charge in [-0.25, -0.2) is 9.18 Å². The molecule has 2 aromatic rings. The van der Waals surface area contributed by atoms with E-state index in [1.807, 2.05) is 0 Å². The Morgan fingerprint density at radius 1 is 1.17 bits per heavy atom. The highest BCUT2D eigenvalue weighted by Gasteiger charge is 2.45. The van der Waals surface area contributed by atoms with E-state index >= 15 is 0 Å². The van der Waals surface area contributed by atoms with E-state index in [0.29, 0.717) is 5.56 Å². The van der Waals surface area contributed by atoms with Crippen LogP contribution in [0.2, 0.25) is 0 Å². The molecule has 1 aromatic heterocycles. The normalized spacial score (nSPS) is 16.6. The smallest absolute Gasteiger partial charge is 0.348 e. The Bertz CT molecular complexity index is 718. The summed E-state index contributed by atoms with van der Waals surface area (Å²) in [5.74, 6) is -1.44. The number of halogens is 1. The molecule has 1 aromatic carbocycles. The molecule has 0 saturated carbocycles. The van der Waals surface area contributed by atoms with Gasteiger partial charge in [0.1, 0.15) is 17.8 Å². The molecule has 1 saturated heterocycles. The number of carbonyl (C=O) groups is 2. The third-order valence-electron chi connectivity index (χ3n) is 4.14. The largest absolute Gasteiger partial charge is 0.478 e. The third-order valence-corrected chi connectivity index (χ3v) is 4.14. The molecule has 1 N–H and O–H groups in total. The summed E-state index contributed by atoms with van der Waals surface area (Å²) in [7, 11) is 0. The van der Waals surface area contributed by atoms with Crippen molar-refractivity contribution in [2.24, 2.45) is 0 Å². The molecule has 0 bridgehead atoms. The average Bonchev–Trinajstić information content (AvgIpc) is 3.11. The molecule has 1 aliphatic rings. The molecule has 24 heavy (non-hydrogen) atoms. The Morgan fingerprint density at radius 3 is 2.38 bits per heavy atom. The predicted molar refractivity (Wildman–Crippen MR) is 81.2 cm³/mol. The summed E-state index contributed by atoms with van der Waals surface area (Å²) in [6.07, 6.45) is 3.05. The molecule has 1 fully saturated rings. The summed E-state index contributed by atoms with van der Waals surface area (Å²) < 4.78 is 23.5. The van der Waals surface area contributed by atoms with Crippen LogP contribution in [0, 0.1) is 5.82 Å². The third kappa shape index (κ3) is 3.10. The number of furan rings is 1. The van der Waals surface area contributed by atoms with E-state index in [-0.39, 0.29) is 37.6 Å². The number of carboxylic acids is 1. The maximum absolute atomic E-state index is 13.0. The lowest BCUT2D eigenvalue weighted by Gasteiger charge is -2.38. The Kier molecular flexibility index (Phi) is 4.24. The lowest BCUT2D eigenvalue weighted by Crippen LogP contribution is -2.54. The zero-order chi connectivity index (χ0) is 17.2. The van der Waals surface area contributed by atoms with Gasteiger partial charge in [0, 0.05) is 25.9 Å². The molecule has 0 radical (unpaired) electrons. The van der Waals surface area contributed by atoms with Crippen molar-refractivity contribution in [1.29, 1.82) is 0 Å². The van der Waals surface area contributed by atoms with Gasteiger partial charge in [0.2, 0.25) is 5.60 Å². The molecule has 0 unspecified atom stereocenters. The highest BCUT2D eigenvalue weighted by Crippen LogP contribution is 2.30. The predicted octanol–water partition coefficient (Wildman–Crippen LogP) is 2.56. The summed E-state index contributed by atoms with van der Waals surface area (Å²) >= 11 is 0. The van der Waals surface area contributed by atoms with Gasteiger partial charge in [-0.2, -0.15) is 0 Å². The number of likely N-dealkylation sites (tertiary alicyclic amines) is 1. The molecule has 0 atom stereocenters. The van der Waals surface area contributed by atoms with E-state index in [2.05, 4.69) is 0 Å². The Hall–Kier alpha value is -2.83. The minimum absolute atomic E-state index is 0.142. The number of carboxylic acid groups (broad SMARTS) is 1. The maximum Gasteiger partial charge on any atom is 0.348 e. The summed E-state index contributed by atoms with van der Waals surface area (Å²) in [5, 5.41) is 9.60. The second-order valence-electron chi connectivity index (χ2n) is 5.66. The Balaban J connectivity index is 1.71. The first-order valence-electron chi connectivity index (χ1n) is 7.50. The van der Waals surface area contributed by atoms with Gasteiger partial charge in [0.25, 0.3) is 5.91 Å². The van der Waals surface area contributed by atoms with E-state index in [9.17, 15) is 19.1 Å². The van der Waals surface area contributed by atoms with E-state index in [1.54, 1.807) is 11.0 Å². The molecular formula is C17H16FNO5. The van der Waals surface area contributed by atoms with Crippen LogP contribution in [0.4, 0.5) is 4.39 Å². The van der Waals surface area contributed by atoms with Gasteiger partial charge < -0.3 is 19.2 Å². The van der Waals surface area contributed by atoms with Crippen molar-refractivity contribution in [1.82, 2.24) is 4.90 Å². The number of aliphatic carboxylic acids is 1. The second kappa shape index (κ2) is 6.35. The van der Waals surface area contributed by atoms with Crippen molar-refractivity contribution in [3.8, 4) is 5.75 Å². The molecule has 3 rings (SSSR count). The number of amides is 1. The van der Waals surface area contributed by atoms with Gasteiger partial charge in [-0.05, 0) is 30.3 Å². The van der Waals surface area contributed by atoms with Crippen LogP contribution in [-0.2, 0) is 4.79 Å². The Morgan fingerprint density at radius 2 is 1.83 bits per heavy atom. The second-order valence-corrected chi connectivity index (χ2v) is 5.66. The van der Waals surface area contributed by atoms with Crippen molar-refractivity contribution < 1.29 is 28.2 Å². The van der Waals surface area contributed by atoms with Crippen LogP contribution >= 0.6 is 0 Å². The topological polar surface area (TPSA) is 80.0 Å². The number of carbonyl (C=O) groups excluding carboxylic acids is 1. The van der Waals surface area contributed by atoms with Crippen LogP contribution in [-0.4, -0.2) is 40.6 Å². The molecule has 2 heterocycles. The van der Waals surface area contributed by atoms with Gasteiger partial charge in [-0.15, -0.1) is 0 Å². The fourth-order valence-corrected chi connectivity index (χ4v) is 2.73. The summed E-state index contributed by atoms with van der Waals surface area (Å²) in [6, 6.07) is 6.77. The first-order valence-corrected chi connectivity index (χ1v) is 7.50. The lowest BCUT2D eigenvalue weighted by atomic mass is 9.90. The van der Waals surface area contributed by atoms with Crippen molar-refractivity contribution in [2.75, 3.05) is 13.1 Å². The fourth-order valence-electron chi connectivity index (χ4n) is 2.73. The van der Waals surface area contributed by atoms with Gasteiger partial charge in [0.15, 0.2) is 0 Å². The summed E-state index contributed by atoms with van der Waals surface area (Å²) in [6.45, 7) is 0.495. The van der Waals surface area contributed by atoms with Gasteiger partial charge in [0.05, 0.1) is 11.8 Å². The van der Waals surface area contributed by atoms with Crippen LogP contribution in [0.1, 0.15) is 23.2 Å². The van der Waals surface area contributed by atoms with Crippen LogP contribution < -0.4 is 4.74 Å². The molecule has 1 aliphatic heterocycles. The molecule has 126 valence electrons. The minimum atomic E-state index is -1.43. The van der Waals surface area contributed by atoms with Crippen molar-refractivity contribution >= 4 is 11.9 Å². The van der Waals surface area contributed by atoms with E-state index in [1.165, 1.54) is 36.8 Å². The van der Waals surface area contributed by atoms with E-state index < -0.39 is 17.4 Å². The zero-order valence-electron chi connectivity index (χ0n) is 12.8. The first-order chi connectivity index (χ1) is 11.5. The standard InChI is InChI=1S/C17H16FNO5/c18-13-1-3-14(4-2-13)24-17(16(21)22)6-8-19(9-7-17)15(20)12-5-10-23-11-12/h1-5,10-11H,6-9H2,(H,21,22). The number of nitrogens with zero attached hydrogens (tertiary/aromatic N) is 1. The fraction of sp³-hybridized carbons (Fsp3) is 0.294. The highest BCUT2D eigenvalue weighted by molar-refractivity contribution is 5.94. The monoisotopic (exact) mass is 333 g/mol. The quantitative estimate of drug-likeness (QED) is 0.930. The summed E-state index contributed by atoms with van der Waals surface area (Å²) in [4.78, 5) is 25.6. The number of rotatable bonds is 4. The van der Waals surface area contributed by atoms with Crippen LogP contribution in [0.25, 0.3) is 0 Å². The maximum atomic E-state index is 13.0. The molecule has 7 heteroatoms. The van der Waals surface area contributed by atoms with Crippen molar-refractivity contribution in [3.63, 3.8) is 0 Å². The van der Waals surface area contributed by atoms with Gasteiger partial charge in [-0.1, -0.05) is 0 Å². The van der Waals surface area contributed by atoms with E-state index in [4.69, 9.17) is 9.15 Å². The number of hydrogen-bond donors (Lipinski definition) is 1. The summed E-state index contributed by atoms with van der Waals surface area (Å²) in [5.41, 5.74) is -0.998. The van der Waals surface area contributed by atoms with Crippen molar-refractivity contribution in [2.45, 2.75) is 18.4 Å². The molecule has 0 aliphatic carbocycles. The molecule has 1 amide bonds. The first kappa shape index (κ1) is 16.0.